The van der Waals surface area contributed by atoms with Crippen LogP contribution in [0.2, 0.25) is 0 Å². The van der Waals surface area contributed by atoms with E-state index in [-0.39, 0.29) is 5.91 Å². The molecule has 0 radical (unpaired) electrons. The molecule has 1 saturated heterocycles. The topological polar surface area (TPSA) is 66.8 Å². The van der Waals surface area contributed by atoms with Gasteiger partial charge in [-0.2, -0.15) is 0 Å². The van der Waals surface area contributed by atoms with E-state index in [0.717, 1.165) is 17.7 Å². The van der Waals surface area contributed by atoms with Crippen molar-refractivity contribution in [2.45, 2.75) is 12.5 Å². The molecule has 3 rings (SSSR count). The summed E-state index contributed by atoms with van der Waals surface area (Å²) >= 11 is 1.47. The average molecular weight is 279 g/mol. The Hall–Kier alpha value is -1.69. The minimum atomic E-state index is -0.942. The van der Waals surface area contributed by atoms with Crippen molar-refractivity contribution in [1.82, 2.24) is 4.90 Å². The third-order valence-corrected chi connectivity index (χ3v) is 4.38. The number of carboxylic acid groups (broad SMARTS) is 1. The third-order valence-electron chi connectivity index (χ3n) is 3.36. The summed E-state index contributed by atoms with van der Waals surface area (Å²) in [5.74, 6) is 0.551. The van der Waals surface area contributed by atoms with Crippen LogP contribution in [0.5, 0.6) is 5.75 Å². The first kappa shape index (κ1) is 12.3. The predicted molar refractivity (Wildman–Crippen MR) is 70.6 cm³/mol. The van der Waals surface area contributed by atoms with Crippen molar-refractivity contribution in [1.29, 1.82) is 0 Å². The number of fused-ring (bicyclic) bond motifs is 1. The van der Waals surface area contributed by atoms with Gasteiger partial charge in [0.05, 0.1) is 12.5 Å². The number of nitrogens with zero attached hydrogens (tertiary/aromatic N) is 1. The second kappa shape index (κ2) is 4.77. The Morgan fingerprint density at radius 2 is 2.26 bits per heavy atom. The van der Waals surface area contributed by atoms with Gasteiger partial charge in [-0.15, -0.1) is 11.8 Å². The van der Waals surface area contributed by atoms with Crippen LogP contribution in [0.25, 0.3) is 0 Å². The highest BCUT2D eigenvalue weighted by Crippen LogP contribution is 2.28. The van der Waals surface area contributed by atoms with Crippen molar-refractivity contribution < 1.29 is 19.4 Å². The highest BCUT2D eigenvalue weighted by Gasteiger charge is 2.35. The summed E-state index contributed by atoms with van der Waals surface area (Å²) in [5.41, 5.74) is 1.56. The van der Waals surface area contributed by atoms with Crippen molar-refractivity contribution in [2.75, 3.05) is 18.2 Å². The molecule has 1 unspecified atom stereocenters. The maximum absolute atomic E-state index is 12.4. The first-order valence-corrected chi connectivity index (χ1v) is 7.19. The Morgan fingerprint density at radius 3 is 3.05 bits per heavy atom. The second-order valence-electron chi connectivity index (χ2n) is 4.55. The monoisotopic (exact) mass is 279 g/mol. The summed E-state index contributed by atoms with van der Waals surface area (Å²) in [7, 11) is 0. The fourth-order valence-corrected chi connectivity index (χ4v) is 3.48. The number of rotatable bonds is 2. The molecule has 0 aromatic heterocycles. The van der Waals surface area contributed by atoms with Crippen LogP contribution in [0, 0.1) is 0 Å². The van der Waals surface area contributed by atoms with Crippen LogP contribution in [0.15, 0.2) is 18.2 Å². The number of ether oxygens (including phenoxy) is 1. The van der Waals surface area contributed by atoms with Crippen molar-refractivity contribution in [3.8, 4) is 5.75 Å². The molecule has 5 nitrogen and oxygen atoms in total. The van der Waals surface area contributed by atoms with Crippen LogP contribution < -0.4 is 4.74 Å². The molecule has 0 aliphatic carbocycles. The maximum Gasteiger partial charge on any atom is 0.327 e. The molecule has 1 N–H and O–H groups in total. The van der Waals surface area contributed by atoms with Gasteiger partial charge in [0.2, 0.25) is 0 Å². The van der Waals surface area contributed by atoms with E-state index in [9.17, 15) is 9.59 Å². The first-order valence-electron chi connectivity index (χ1n) is 6.04. The Kier molecular flexibility index (Phi) is 3.10. The van der Waals surface area contributed by atoms with Crippen molar-refractivity contribution in [3.63, 3.8) is 0 Å². The number of benzene rings is 1. The molecule has 1 aromatic rings. The quantitative estimate of drug-likeness (QED) is 0.881. The zero-order chi connectivity index (χ0) is 13.4. The van der Waals surface area contributed by atoms with Gasteiger partial charge in [-0.1, -0.05) is 0 Å². The molecular weight excluding hydrogens is 266 g/mol. The van der Waals surface area contributed by atoms with Gasteiger partial charge in [0.1, 0.15) is 11.8 Å². The molecule has 1 atom stereocenters. The van der Waals surface area contributed by atoms with Crippen LogP contribution in [-0.2, 0) is 11.2 Å². The molecular formula is C13H13NO4S. The van der Waals surface area contributed by atoms with Crippen molar-refractivity contribution >= 4 is 23.6 Å². The zero-order valence-electron chi connectivity index (χ0n) is 10.2. The summed E-state index contributed by atoms with van der Waals surface area (Å²) < 4.78 is 5.39. The van der Waals surface area contributed by atoms with Gasteiger partial charge in [0.15, 0.2) is 0 Å². The molecule has 100 valence electrons. The van der Waals surface area contributed by atoms with Gasteiger partial charge in [-0.3, -0.25) is 4.79 Å². The summed E-state index contributed by atoms with van der Waals surface area (Å²) in [5, 5.41) is 9.11. The Labute approximate surface area is 114 Å². The molecule has 1 aromatic carbocycles. The number of thioether (sulfide) groups is 1. The largest absolute Gasteiger partial charge is 0.493 e. The maximum atomic E-state index is 12.4. The lowest BCUT2D eigenvalue weighted by atomic mass is 10.1. The minimum Gasteiger partial charge on any atom is -0.493 e. The Bertz CT molecular complexity index is 545. The Balaban J connectivity index is 1.85. The van der Waals surface area contributed by atoms with Crippen LogP contribution >= 0.6 is 11.8 Å². The molecule has 2 aliphatic rings. The first-order chi connectivity index (χ1) is 9.16. The van der Waals surface area contributed by atoms with Gasteiger partial charge >= 0.3 is 5.97 Å². The number of carbonyl (C=O) groups is 2. The highest BCUT2D eigenvalue weighted by atomic mass is 32.2. The van der Waals surface area contributed by atoms with Gasteiger partial charge in [0.25, 0.3) is 5.91 Å². The zero-order valence-corrected chi connectivity index (χ0v) is 11.0. The average Bonchev–Trinajstić information content (AvgIpc) is 3.05. The van der Waals surface area contributed by atoms with E-state index in [1.807, 2.05) is 6.07 Å². The fourth-order valence-electron chi connectivity index (χ4n) is 2.33. The van der Waals surface area contributed by atoms with E-state index in [1.165, 1.54) is 16.7 Å². The number of carboxylic acids is 1. The van der Waals surface area contributed by atoms with E-state index < -0.39 is 12.0 Å². The van der Waals surface area contributed by atoms with Crippen LogP contribution in [0.1, 0.15) is 15.9 Å². The molecule has 6 heteroatoms. The van der Waals surface area contributed by atoms with Crippen molar-refractivity contribution in [2.24, 2.45) is 0 Å². The van der Waals surface area contributed by atoms with Crippen molar-refractivity contribution in [3.05, 3.63) is 29.3 Å². The second-order valence-corrected chi connectivity index (χ2v) is 5.55. The number of hydrogen-bond acceptors (Lipinski definition) is 4. The lowest BCUT2D eigenvalue weighted by Gasteiger charge is -2.20. The number of carbonyl (C=O) groups excluding carboxylic acids is 1. The number of aliphatic carboxylic acids is 1. The van der Waals surface area contributed by atoms with E-state index in [0.29, 0.717) is 23.8 Å². The summed E-state index contributed by atoms with van der Waals surface area (Å²) in [6.07, 6.45) is 0.799. The summed E-state index contributed by atoms with van der Waals surface area (Å²) in [6, 6.07) is 4.58. The van der Waals surface area contributed by atoms with Crippen LogP contribution in [0.3, 0.4) is 0 Å². The van der Waals surface area contributed by atoms with Gasteiger partial charge in [-0.25, -0.2) is 4.79 Å². The lowest BCUT2D eigenvalue weighted by Crippen LogP contribution is -2.41. The standard InChI is InChI=1S/C13H13NO4S/c15-12(14-7-19-6-10(14)13(16)17)9-1-2-11-8(5-9)3-4-18-11/h1-2,5,10H,3-4,6-7H2,(H,16,17). The SMILES string of the molecule is O=C(O)C1CSCN1C(=O)c1ccc2c(c1)CCO2. The van der Waals surface area contributed by atoms with E-state index >= 15 is 0 Å². The van der Waals surface area contributed by atoms with Gasteiger partial charge in [0, 0.05) is 17.7 Å². The number of amides is 1. The van der Waals surface area contributed by atoms with E-state index in [2.05, 4.69) is 0 Å². The molecule has 2 aliphatic heterocycles. The smallest absolute Gasteiger partial charge is 0.327 e. The highest BCUT2D eigenvalue weighted by molar-refractivity contribution is 7.99. The normalized spacial score (nSPS) is 21.1. The molecule has 0 spiro atoms. The van der Waals surface area contributed by atoms with Crippen LogP contribution in [0.4, 0.5) is 0 Å². The molecule has 1 fully saturated rings. The fraction of sp³-hybridized carbons (Fsp3) is 0.385. The Morgan fingerprint density at radius 1 is 1.42 bits per heavy atom. The van der Waals surface area contributed by atoms with Gasteiger partial charge in [-0.05, 0) is 23.8 Å². The molecule has 0 saturated carbocycles. The number of hydrogen-bond donors (Lipinski definition) is 1. The van der Waals surface area contributed by atoms with E-state index in [4.69, 9.17) is 9.84 Å². The third kappa shape index (κ3) is 2.16. The summed E-state index contributed by atoms with van der Waals surface area (Å²) in [4.78, 5) is 24.9. The lowest BCUT2D eigenvalue weighted by molar-refractivity contribution is -0.140. The molecule has 1 amide bonds. The van der Waals surface area contributed by atoms with Crippen LogP contribution in [-0.4, -0.2) is 46.2 Å². The molecule has 0 bridgehead atoms. The molecule has 19 heavy (non-hydrogen) atoms. The minimum absolute atomic E-state index is 0.216. The van der Waals surface area contributed by atoms with E-state index in [1.54, 1.807) is 12.1 Å². The summed E-state index contributed by atoms with van der Waals surface area (Å²) in [6.45, 7) is 0.643. The van der Waals surface area contributed by atoms with Gasteiger partial charge < -0.3 is 14.7 Å². The molecule has 2 heterocycles. The predicted octanol–water partition coefficient (Wildman–Crippen LogP) is 1.22.